The van der Waals surface area contributed by atoms with E-state index in [-0.39, 0.29) is 5.13 Å². The van der Waals surface area contributed by atoms with Crippen molar-refractivity contribution in [3.63, 3.8) is 0 Å². The quantitative estimate of drug-likeness (QED) is 0.919. The monoisotopic (exact) mass is 263 g/mol. The molecule has 0 saturated heterocycles. The highest BCUT2D eigenvalue weighted by atomic mass is 32.1. The van der Waals surface area contributed by atoms with Gasteiger partial charge in [-0.05, 0) is 6.07 Å². The molecule has 0 radical (unpaired) electrons. The lowest BCUT2D eigenvalue weighted by Crippen LogP contribution is -2.07. The minimum Gasteiger partial charge on any atom is -0.355 e. The summed E-state index contributed by atoms with van der Waals surface area (Å²) in [4.78, 5) is 3.34. The number of hydrogen-bond donors (Lipinski definition) is 1. The van der Waals surface area contributed by atoms with Crippen LogP contribution < -0.4 is 5.32 Å². The van der Waals surface area contributed by atoms with E-state index in [2.05, 4.69) is 19.8 Å². The van der Waals surface area contributed by atoms with Gasteiger partial charge in [0.05, 0.1) is 12.2 Å². The molecule has 0 fully saturated rings. The molecule has 0 saturated carbocycles. The molecule has 0 aliphatic carbocycles. The Morgan fingerprint density at radius 1 is 1.47 bits per heavy atom. The number of anilines is 1. The fraction of sp³-hybridized carbons (Fsp3) is 0.375. The molecule has 2 rings (SSSR count). The smallest absolute Gasteiger partial charge is 0.355 e. The van der Waals surface area contributed by atoms with E-state index >= 15 is 0 Å². The van der Waals surface area contributed by atoms with Gasteiger partial charge in [-0.3, -0.25) is 4.68 Å². The summed E-state index contributed by atoms with van der Waals surface area (Å²) in [6.45, 7) is 0.313. The lowest BCUT2D eigenvalue weighted by Gasteiger charge is -1.99. The highest BCUT2D eigenvalue weighted by Crippen LogP contribution is 2.28. The summed E-state index contributed by atoms with van der Waals surface area (Å²) in [7, 11) is 1.76. The van der Waals surface area contributed by atoms with Crippen LogP contribution in [0.15, 0.2) is 12.3 Å². The maximum Gasteiger partial charge on any atom is 0.452 e. The highest BCUT2D eigenvalue weighted by Gasteiger charge is 2.36. The van der Waals surface area contributed by atoms with Crippen molar-refractivity contribution in [3.8, 4) is 0 Å². The maximum atomic E-state index is 12.2. The zero-order valence-corrected chi connectivity index (χ0v) is 9.51. The van der Waals surface area contributed by atoms with Crippen LogP contribution in [0.1, 0.15) is 11.5 Å². The van der Waals surface area contributed by atoms with Gasteiger partial charge in [0.2, 0.25) is 11.0 Å². The van der Waals surface area contributed by atoms with E-state index in [1.54, 1.807) is 24.0 Å². The van der Waals surface area contributed by atoms with Crippen LogP contribution in [-0.4, -0.2) is 19.1 Å². The Kier molecular flexibility index (Phi) is 3.01. The summed E-state index contributed by atoms with van der Waals surface area (Å²) in [5.74, 6) is -1.12. The third-order valence-corrected chi connectivity index (χ3v) is 2.54. The minimum absolute atomic E-state index is 0.128. The summed E-state index contributed by atoms with van der Waals surface area (Å²) >= 11 is 0.676. The zero-order chi connectivity index (χ0) is 12.5. The molecule has 0 spiro atoms. The number of aromatic nitrogens is 4. The first-order chi connectivity index (χ1) is 7.95. The summed E-state index contributed by atoms with van der Waals surface area (Å²) in [5.41, 5.74) is 0.719. The van der Waals surface area contributed by atoms with Gasteiger partial charge in [0.15, 0.2) is 0 Å². The maximum absolute atomic E-state index is 12.2. The van der Waals surface area contributed by atoms with E-state index in [4.69, 9.17) is 0 Å². The number of nitrogens with zero attached hydrogens (tertiary/aromatic N) is 4. The Morgan fingerprint density at radius 3 is 2.76 bits per heavy atom. The number of alkyl halides is 3. The Morgan fingerprint density at radius 2 is 2.24 bits per heavy atom. The van der Waals surface area contributed by atoms with Gasteiger partial charge in [-0.2, -0.15) is 27.6 Å². The Balaban J connectivity index is 1.98. The van der Waals surface area contributed by atoms with Crippen LogP contribution in [0.25, 0.3) is 0 Å². The van der Waals surface area contributed by atoms with Crippen LogP contribution in [0.3, 0.4) is 0 Å². The molecule has 5 nitrogen and oxygen atoms in total. The van der Waals surface area contributed by atoms with E-state index in [0.717, 1.165) is 5.69 Å². The molecule has 92 valence electrons. The molecule has 1 N–H and O–H groups in total. The molecular formula is C8H8F3N5S. The van der Waals surface area contributed by atoms with E-state index in [1.165, 1.54) is 0 Å². The van der Waals surface area contributed by atoms with Crippen molar-refractivity contribution in [1.29, 1.82) is 0 Å². The van der Waals surface area contributed by atoms with Gasteiger partial charge in [-0.25, -0.2) is 0 Å². The average Bonchev–Trinajstić information content (AvgIpc) is 2.82. The Labute approximate surface area is 98.5 Å². The van der Waals surface area contributed by atoms with E-state index in [0.29, 0.717) is 18.1 Å². The van der Waals surface area contributed by atoms with E-state index < -0.39 is 12.0 Å². The molecule has 17 heavy (non-hydrogen) atoms. The van der Waals surface area contributed by atoms with Crippen molar-refractivity contribution in [2.45, 2.75) is 12.7 Å². The lowest BCUT2D eigenvalue weighted by atomic mass is 10.4. The number of nitrogens with one attached hydrogen (secondary N) is 1. The third-order valence-electron chi connectivity index (χ3n) is 1.87. The standard InChI is InChI=1S/C8H8F3N5S/c1-16-3-2-5(14-16)4-12-7-13-6(15-17-7)8(9,10)11/h2-3H,4H2,1H3,(H,12,13,15). The molecule has 0 aliphatic heterocycles. The van der Waals surface area contributed by atoms with Crippen LogP contribution in [0.4, 0.5) is 18.3 Å². The van der Waals surface area contributed by atoms with Gasteiger partial charge in [-0.15, -0.1) is 0 Å². The number of rotatable bonds is 3. The Bertz CT molecular complexity index is 503. The fourth-order valence-electron chi connectivity index (χ4n) is 1.13. The first kappa shape index (κ1) is 11.8. The lowest BCUT2D eigenvalue weighted by molar-refractivity contribution is -0.144. The fourth-order valence-corrected chi connectivity index (χ4v) is 1.72. The summed E-state index contributed by atoms with van der Waals surface area (Å²) < 4.78 is 41.4. The van der Waals surface area contributed by atoms with Crippen LogP contribution >= 0.6 is 11.5 Å². The van der Waals surface area contributed by atoms with Crippen molar-refractivity contribution in [2.75, 3.05) is 5.32 Å². The molecule has 2 aromatic rings. The van der Waals surface area contributed by atoms with Crippen LogP contribution in [0, 0.1) is 0 Å². The molecule has 0 aromatic carbocycles. The molecular weight excluding hydrogens is 255 g/mol. The van der Waals surface area contributed by atoms with Crippen LogP contribution in [0.2, 0.25) is 0 Å². The summed E-state index contributed by atoms with van der Waals surface area (Å²) in [5, 5.41) is 6.93. The van der Waals surface area contributed by atoms with Crippen LogP contribution in [-0.2, 0) is 19.8 Å². The van der Waals surface area contributed by atoms with Crippen LogP contribution in [0.5, 0.6) is 0 Å². The second-order valence-corrected chi connectivity index (χ2v) is 4.01. The predicted octanol–water partition coefficient (Wildman–Crippen LogP) is 1.90. The molecule has 2 aromatic heterocycles. The molecule has 9 heteroatoms. The third kappa shape index (κ3) is 2.93. The van der Waals surface area contributed by atoms with Crippen molar-refractivity contribution < 1.29 is 13.2 Å². The minimum atomic E-state index is -4.50. The van der Waals surface area contributed by atoms with Gasteiger partial charge in [0.25, 0.3) is 0 Å². The molecule has 0 amide bonds. The second kappa shape index (κ2) is 4.32. The molecule has 0 atom stereocenters. The zero-order valence-electron chi connectivity index (χ0n) is 8.69. The summed E-state index contributed by atoms with van der Waals surface area (Å²) in [6.07, 6.45) is -2.75. The number of hydrogen-bond acceptors (Lipinski definition) is 5. The van der Waals surface area contributed by atoms with Crippen molar-refractivity contribution in [2.24, 2.45) is 7.05 Å². The normalized spacial score (nSPS) is 11.8. The van der Waals surface area contributed by atoms with E-state index in [1.807, 2.05) is 0 Å². The largest absolute Gasteiger partial charge is 0.452 e. The number of aryl methyl sites for hydroxylation is 1. The van der Waals surface area contributed by atoms with E-state index in [9.17, 15) is 13.2 Å². The van der Waals surface area contributed by atoms with Gasteiger partial charge in [-0.1, -0.05) is 0 Å². The second-order valence-electron chi connectivity index (χ2n) is 3.26. The summed E-state index contributed by atoms with van der Waals surface area (Å²) in [6, 6.07) is 1.76. The van der Waals surface area contributed by atoms with Gasteiger partial charge in [0.1, 0.15) is 0 Å². The molecule has 0 bridgehead atoms. The van der Waals surface area contributed by atoms with Gasteiger partial charge >= 0.3 is 6.18 Å². The van der Waals surface area contributed by atoms with Gasteiger partial charge < -0.3 is 5.32 Å². The van der Waals surface area contributed by atoms with Crippen molar-refractivity contribution in [1.82, 2.24) is 19.1 Å². The molecule has 0 aliphatic rings. The molecule has 0 unspecified atom stereocenters. The van der Waals surface area contributed by atoms with Crippen molar-refractivity contribution in [3.05, 3.63) is 23.8 Å². The Hall–Kier alpha value is -1.64. The first-order valence-electron chi connectivity index (χ1n) is 4.58. The molecule has 2 heterocycles. The highest BCUT2D eigenvalue weighted by molar-refractivity contribution is 7.09. The topological polar surface area (TPSA) is 55.6 Å². The van der Waals surface area contributed by atoms with Gasteiger partial charge in [0, 0.05) is 24.8 Å². The average molecular weight is 263 g/mol. The first-order valence-corrected chi connectivity index (χ1v) is 5.36. The van der Waals surface area contributed by atoms with Crippen molar-refractivity contribution >= 4 is 16.7 Å². The SMILES string of the molecule is Cn1ccc(CNc2nc(C(F)(F)F)ns2)n1. The predicted molar refractivity (Wildman–Crippen MR) is 55.4 cm³/mol. The number of halogens is 3.